The Kier molecular flexibility index (Phi) is 5.20. The van der Waals surface area contributed by atoms with Gasteiger partial charge in [0.2, 0.25) is 10.0 Å². The van der Waals surface area contributed by atoms with Crippen LogP contribution in [-0.2, 0) is 14.9 Å². The third kappa shape index (κ3) is 3.91. The molecular weight excluding hydrogens is 336 g/mol. The van der Waals surface area contributed by atoms with Crippen molar-refractivity contribution >= 4 is 15.7 Å². The summed E-state index contributed by atoms with van der Waals surface area (Å²) in [6.07, 6.45) is 0.332. The highest BCUT2D eigenvalue weighted by atomic mass is 32.2. The minimum absolute atomic E-state index is 0.269. The Bertz CT molecular complexity index is 846. The first-order chi connectivity index (χ1) is 12.0. The van der Waals surface area contributed by atoms with E-state index in [4.69, 9.17) is 4.84 Å². The molecule has 0 aromatic heterocycles. The molecular formula is C19H22N2O3S. The third-order valence-electron chi connectivity index (χ3n) is 4.26. The molecule has 1 atom stereocenters. The van der Waals surface area contributed by atoms with Crippen molar-refractivity contribution in [1.82, 2.24) is 4.31 Å². The van der Waals surface area contributed by atoms with E-state index in [0.717, 1.165) is 11.3 Å². The topological polar surface area (TPSA) is 59.0 Å². The smallest absolute Gasteiger partial charge is 0.243 e. The van der Waals surface area contributed by atoms with Crippen LogP contribution < -0.4 is 0 Å². The molecule has 1 aliphatic rings. The van der Waals surface area contributed by atoms with Crippen LogP contribution in [0.15, 0.2) is 64.6 Å². The summed E-state index contributed by atoms with van der Waals surface area (Å²) in [7, 11) is -3.52. The van der Waals surface area contributed by atoms with Gasteiger partial charge < -0.3 is 4.84 Å². The summed E-state index contributed by atoms with van der Waals surface area (Å²) in [5.41, 5.74) is 3.06. The number of aryl methyl sites for hydroxylation is 1. The number of likely N-dealkylation sites (N-methyl/N-ethyl adjacent to an activating group) is 1. The van der Waals surface area contributed by atoms with Crippen molar-refractivity contribution in [2.75, 3.05) is 13.1 Å². The van der Waals surface area contributed by atoms with Crippen LogP contribution in [0.25, 0.3) is 0 Å². The van der Waals surface area contributed by atoms with Crippen LogP contribution in [0.5, 0.6) is 0 Å². The summed E-state index contributed by atoms with van der Waals surface area (Å²) in [6.45, 7) is 4.54. The molecule has 2 aromatic carbocycles. The van der Waals surface area contributed by atoms with Crippen LogP contribution in [0.1, 0.15) is 24.5 Å². The molecule has 0 saturated carbocycles. The van der Waals surface area contributed by atoms with Crippen molar-refractivity contribution in [3.05, 3.63) is 65.7 Å². The van der Waals surface area contributed by atoms with Gasteiger partial charge in [-0.05, 0) is 24.6 Å². The van der Waals surface area contributed by atoms with Gasteiger partial charge in [0, 0.05) is 13.0 Å². The third-order valence-corrected chi connectivity index (χ3v) is 6.21. The van der Waals surface area contributed by atoms with Gasteiger partial charge >= 0.3 is 0 Å². The van der Waals surface area contributed by atoms with Gasteiger partial charge in [0.05, 0.1) is 17.2 Å². The summed E-state index contributed by atoms with van der Waals surface area (Å²) >= 11 is 0. The van der Waals surface area contributed by atoms with Crippen LogP contribution in [-0.4, -0.2) is 37.6 Å². The maximum Gasteiger partial charge on any atom is 0.243 e. The quantitative estimate of drug-likeness (QED) is 0.797. The summed E-state index contributed by atoms with van der Waals surface area (Å²) in [6, 6.07) is 16.6. The van der Waals surface area contributed by atoms with Crippen LogP contribution in [0, 0.1) is 6.92 Å². The zero-order valence-corrected chi connectivity index (χ0v) is 15.2. The number of hydrogen-bond donors (Lipinski definition) is 0. The Balaban J connectivity index is 1.69. The van der Waals surface area contributed by atoms with E-state index in [0.29, 0.717) is 17.9 Å². The molecule has 0 amide bonds. The SMILES string of the molecule is CCN(CC1CC(c2ccc(C)cc2)=NO1)S(=O)(=O)c1ccccc1. The van der Waals surface area contributed by atoms with E-state index in [-0.39, 0.29) is 12.6 Å². The molecule has 0 N–H and O–H groups in total. The molecule has 0 fully saturated rings. The summed E-state index contributed by atoms with van der Waals surface area (Å²) < 4.78 is 27.0. The Morgan fingerprint density at radius 1 is 1.12 bits per heavy atom. The van der Waals surface area contributed by atoms with Crippen LogP contribution >= 0.6 is 0 Å². The average molecular weight is 358 g/mol. The molecule has 3 rings (SSSR count). The Hall–Kier alpha value is -2.18. The van der Waals surface area contributed by atoms with E-state index >= 15 is 0 Å². The number of oxime groups is 1. The second kappa shape index (κ2) is 7.37. The van der Waals surface area contributed by atoms with Gasteiger partial charge in [-0.15, -0.1) is 0 Å². The van der Waals surface area contributed by atoms with Gasteiger partial charge in [0.1, 0.15) is 6.10 Å². The first kappa shape index (κ1) is 17.6. The molecule has 5 nitrogen and oxygen atoms in total. The number of benzene rings is 2. The molecule has 0 spiro atoms. The molecule has 1 aliphatic heterocycles. The van der Waals surface area contributed by atoms with Gasteiger partial charge in [0.15, 0.2) is 0 Å². The number of rotatable bonds is 6. The lowest BCUT2D eigenvalue weighted by Crippen LogP contribution is -2.37. The maximum absolute atomic E-state index is 12.8. The predicted molar refractivity (Wildman–Crippen MR) is 98.1 cm³/mol. The van der Waals surface area contributed by atoms with Crippen LogP contribution in [0.4, 0.5) is 0 Å². The fourth-order valence-electron chi connectivity index (χ4n) is 2.81. The minimum Gasteiger partial charge on any atom is -0.390 e. The Morgan fingerprint density at radius 2 is 1.80 bits per heavy atom. The van der Waals surface area contributed by atoms with Crippen molar-refractivity contribution < 1.29 is 13.3 Å². The van der Waals surface area contributed by atoms with Crippen LogP contribution in [0.2, 0.25) is 0 Å². The molecule has 0 radical (unpaired) electrons. The lowest BCUT2D eigenvalue weighted by Gasteiger charge is -2.22. The largest absolute Gasteiger partial charge is 0.390 e. The van der Waals surface area contributed by atoms with E-state index in [1.807, 2.05) is 38.1 Å². The lowest BCUT2D eigenvalue weighted by molar-refractivity contribution is 0.0712. The van der Waals surface area contributed by atoms with Gasteiger partial charge in [-0.25, -0.2) is 8.42 Å². The van der Waals surface area contributed by atoms with Gasteiger partial charge in [-0.1, -0.05) is 60.1 Å². The van der Waals surface area contributed by atoms with Crippen molar-refractivity contribution in [2.24, 2.45) is 5.16 Å². The first-order valence-corrected chi connectivity index (χ1v) is 9.79. The lowest BCUT2D eigenvalue weighted by atomic mass is 10.0. The van der Waals surface area contributed by atoms with E-state index < -0.39 is 10.0 Å². The number of nitrogens with zero attached hydrogens (tertiary/aromatic N) is 2. The molecule has 0 aliphatic carbocycles. The van der Waals surface area contributed by atoms with E-state index in [9.17, 15) is 8.42 Å². The van der Waals surface area contributed by atoms with Gasteiger partial charge in [0.25, 0.3) is 0 Å². The highest BCUT2D eigenvalue weighted by Gasteiger charge is 2.30. The highest BCUT2D eigenvalue weighted by molar-refractivity contribution is 7.89. The van der Waals surface area contributed by atoms with Gasteiger partial charge in [-0.3, -0.25) is 0 Å². The van der Waals surface area contributed by atoms with Crippen molar-refractivity contribution in [3.8, 4) is 0 Å². The number of hydrogen-bond acceptors (Lipinski definition) is 4. The van der Waals surface area contributed by atoms with Crippen molar-refractivity contribution in [2.45, 2.75) is 31.3 Å². The maximum atomic E-state index is 12.8. The fraction of sp³-hybridized carbons (Fsp3) is 0.316. The fourth-order valence-corrected chi connectivity index (χ4v) is 4.31. The molecule has 0 saturated heterocycles. The molecule has 1 unspecified atom stereocenters. The normalized spacial score (nSPS) is 17.4. The zero-order valence-electron chi connectivity index (χ0n) is 14.4. The van der Waals surface area contributed by atoms with Gasteiger partial charge in [-0.2, -0.15) is 4.31 Å². The Labute approximate surface area is 149 Å². The minimum atomic E-state index is -3.52. The first-order valence-electron chi connectivity index (χ1n) is 8.35. The van der Waals surface area contributed by atoms with Crippen molar-refractivity contribution in [3.63, 3.8) is 0 Å². The second-order valence-electron chi connectivity index (χ2n) is 6.10. The summed E-state index contributed by atoms with van der Waals surface area (Å²) in [4.78, 5) is 5.80. The van der Waals surface area contributed by atoms with E-state index in [2.05, 4.69) is 5.16 Å². The standard InChI is InChI=1S/C19H22N2O3S/c1-3-21(25(22,23)18-7-5-4-6-8-18)14-17-13-19(20-24-17)16-11-9-15(2)10-12-16/h4-12,17H,3,13-14H2,1-2H3. The molecule has 132 valence electrons. The molecule has 2 aromatic rings. The van der Waals surface area contributed by atoms with E-state index in [1.165, 1.54) is 9.87 Å². The average Bonchev–Trinajstić information content (AvgIpc) is 3.09. The number of sulfonamides is 1. The molecule has 25 heavy (non-hydrogen) atoms. The summed E-state index contributed by atoms with van der Waals surface area (Å²) in [5.74, 6) is 0. The molecule has 0 bridgehead atoms. The van der Waals surface area contributed by atoms with Crippen LogP contribution in [0.3, 0.4) is 0 Å². The molecule has 6 heteroatoms. The molecule has 1 heterocycles. The monoisotopic (exact) mass is 358 g/mol. The van der Waals surface area contributed by atoms with Crippen molar-refractivity contribution in [1.29, 1.82) is 0 Å². The zero-order chi connectivity index (χ0) is 17.9. The van der Waals surface area contributed by atoms with E-state index in [1.54, 1.807) is 30.3 Å². The summed E-state index contributed by atoms with van der Waals surface area (Å²) in [5, 5.41) is 4.15. The highest BCUT2D eigenvalue weighted by Crippen LogP contribution is 2.21. The predicted octanol–water partition coefficient (Wildman–Crippen LogP) is 3.20. The Morgan fingerprint density at radius 3 is 2.44 bits per heavy atom. The second-order valence-corrected chi connectivity index (χ2v) is 8.04.